The molecule has 0 heterocycles. The van der Waals surface area contributed by atoms with E-state index in [1.807, 2.05) is 19.1 Å². The van der Waals surface area contributed by atoms with Crippen LogP contribution in [-0.4, -0.2) is 8.42 Å². The van der Waals surface area contributed by atoms with E-state index in [1.54, 1.807) is 36.4 Å². The molecule has 0 aliphatic rings. The molecule has 0 spiro atoms. The average molecular weight is 290 g/mol. The fourth-order valence-electron chi connectivity index (χ4n) is 1.79. The molecule has 4 heteroatoms. The molecule has 0 atom stereocenters. The number of aryl methyl sites for hydroxylation is 1. The SMILES string of the molecule is Cc1ccc(S(=O)(=O)Oc2ccc(C(C)C)cc2)cc1. The van der Waals surface area contributed by atoms with Crippen molar-refractivity contribution in [3.8, 4) is 5.75 Å². The molecule has 0 saturated carbocycles. The second kappa shape index (κ2) is 5.67. The molecule has 0 aliphatic heterocycles. The summed E-state index contributed by atoms with van der Waals surface area (Å²) in [5.74, 6) is 0.729. The Morgan fingerprint density at radius 1 is 0.900 bits per heavy atom. The Labute approximate surface area is 120 Å². The predicted octanol–water partition coefficient (Wildman–Crippen LogP) is 3.89. The molecule has 2 rings (SSSR count). The quantitative estimate of drug-likeness (QED) is 0.802. The van der Waals surface area contributed by atoms with Crippen LogP contribution in [0.2, 0.25) is 0 Å². The van der Waals surface area contributed by atoms with Crippen molar-refractivity contribution in [2.45, 2.75) is 31.6 Å². The maximum atomic E-state index is 12.1. The minimum atomic E-state index is -3.76. The largest absolute Gasteiger partial charge is 0.379 e. The highest BCUT2D eigenvalue weighted by Gasteiger charge is 2.16. The van der Waals surface area contributed by atoms with E-state index in [2.05, 4.69) is 13.8 Å². The van der Waals surface area contributed by atoms with E-state index in [0.717, 1.165) is 11.1 Å². The van der Waals surface area contributed by atoms with Gasteiger partial charge in [0.1, 0.15) is 10.6 Å². The molecule has 2 aromatic carbocycles. The van der Waals surface area contributed by atoms with Gasteiger partial charge in [0, 0.05) is 0 Å². The fourth-order valence-corrected chi connectivity index (χ4v) is 2.72. The van der Waals surface area contributed by atoms with E-state index in [0.29, 0.717) is 11.7 Å². The first-order valence-electron chi connectivity index (χ1n) is 6.49. The fraction of sp³-hybridized carbons (Fsp3) is 0.250. The summed E-state index contributed by atoms with van der Waals surface area (Å²) in [5.41, 5.74) is 2.15. The zero-order valence-corrected chi connectivity index (χ0v) is 12.6. The van der Waals surface area contributed by atoms with Crippen LogP contribution in [0.3, 0.4) is 0 Å². The van der Waals surface area contributed by atoms with Crippen molar-refractivity contribution in [3.63, 3.8) is 0 Å². The third-order valence-electron chi connectivity index (χ3n) is 3.06. The smallest absolute Gasteiger partial charge is 0.339 e. The molecular weight excluding hydrogens is 272 g/mol. The van der Waals surface area contributed by atoms with Gasteiger partial charge in [0.2, 0.25) is 0 Å². The Morgan fingerprint density at radius 3 is 1.95 bits per heavy atom. The number of hydrogen-bond acceptors (Lipinski definition) is 3. The minimum absolute atomic E-state index is 0.163. The van der Waals surface area contributed by atoms with Gasteiger partial charge in [0.25, 0.3) is 0 Å². The van der Waals surface area contributed by atoms with Crippen LogP contribution in [0.4, 0.5) is 0 Å². The maximum Gasteiger partial charge on any atom is 0.339 e. The highest BCUT2D eigenvalue weighted by atomic mass is 32.2. The highest BCUT2D eigenvalue weighted by molar-refractivity contribution is 7.87. The van der Waals surface area contributed by atoms with Crippen molar-refractivity contribution in [2.75, 3.05) is 0 Å². The normalized spacial score (nSPS) is 11.6. The summed E-state index contributed by atoms with van der Waals surface area (Å²) in [6, 6.07) is 13.7. The van der Waals surface area contributed by atoms with Crippen LogP contribution in [0.15, 0.2) is 53.4 Å². The lowest BCUT2D eigenvalue weighted by molar-refractivity contribution is 0.486. The van der Waals surface area contributed by atoms with Crippen molar-refractivity contribution in [1.29, 1.82) is 0 Å². The topological polar surface area (TPSA) is 43.4 Å². The summed E-state index contributed by atoms with van der Waals surface area (Å²) in [6.07, 6.45) is 0. The Bertz CT molecular complexity index is 669. The van der Waals surface area contributed by atoms with Crippen LogP contribution in [0.5, 0.6) is 5.75 Å². The molecule has 0 N–H and O–H groups in total. The van der Waals surface area contributed by atoms with Crippen LogP contribution in [0.25, 0.3) is 0 Å². The molecule has 0 aromatic heterocycles. The Balaban J connectivity index is 2.22. The number of benzene rings is 2. The summed E-state index contributed by atoms with van der Waals surface area (Å²) < 4.78 is 29.4. The molecule has 3 nitrogen and oxygen atoms in total. The van der Waals surface area contributed by atoms with Gasteiger partial charge in [0.15, 0.2) is 0 Å². The second-order valence-electron chi connectivity index (χ2n) is 5.07. The van der Waals surface area contributed by atoms with Gasteiger partial charge in [-0.05, 0) is 42.7 Å². The molecule has 0 saturated heterocycles. The first-order chi connectivity index (χ1) is 9.38. The summed E-state index contributed by atoms with van der Waals surface area (Å²) in [7, 11) is -3.76. The first-order valence-corrected chi connectivity index (χ1v) is 7.90. The van der Waals surface area contributed by atoms with Crippen molar-refractivity contribution < 1.29 is 12.6 Å². The highest BCUT2D eigenvalue weighted by Crippen LogP contribution is 2.22. The average Bonchev–Trinajstić information content (AvgIpc) is 2.39. The molecule has 106 valence electrons. The van der Waals surface area contributed by atoms with Crippen molar-refractivity contribution in [3.05, 3.63) is 59.7 Å². The van der Waals surface area contributed by atoms with Gasteiger partial charge < -0.3 is 4.18 Å². The molecule has 0 fully saturated rings. The number of hydrogen-bond donors (Lipinski definition) is 0. The van der Waals surface area contributed by atoms with Crippen LogP contribution in [0.1, 0.15) is 30.9 Å². The van der Waals surface area contributed by atoms with Crippen LogP contribution in [0, 0.1) is 6.92 Å². The van der Waals surface area contributed by atoms with Crippen LogP contribution >= 0.6 is 0 Å². The van der Waals surface area contributed by atoms with Gasteiger partial charge in [0.05, 0.1) is 0 Å². The lowest BCUT2D eigenvalue weighted by Crippen LogP contribution is -2.09. The minimum Gasteiger partial charge on any atom is -0.379 e. The zero-order valence-electron chi connectivity index (χ0n) is 11.8. The van der Waals surface area contributed by atoms with E-state index >= 15 is 0 Å². The Kier molecular flexibility index (Phi) is 4.14. The molecule has 0 unspecified atom stereocenters. The molecule has 20 heavy (non-hydrogen) atoms. The van der Waals surface area contributed by atoms with Crippen LogP contribution < -0.4 is 4.18 Å². The second-order valence-corrected chi connectivity index (χ2v) is 6.62. The van der Waals surface area contributed by atoms with Gasteiger partial charge in [-0.15, -0.1) is 0 Å². The summed E-state index contributed by atoms with van der Waals surface area (Å²) in [4.78, 5) is 0.163. The maximum absolute atomic E-state index is 12.1. The van der Waals surface area contributed by atoms with Gasteiger partial charge in [-0.25, -0.2) is 0 Å². The van der Waals surface area contributed by atoms with Crippen molar-refractivity contribution in [1.82, 2.24) is 0 Å². The first kappa shape index (κ1) is 14.6. The van der Waals surface area contributed by atoms with Crippen LogP contribution in [-0.2, 0) is 10.1 Å². The lowest BCUT2D eigenvalue weighted by Gasteiger charge is -2.09. The van der Waals surface area contributed by atoms with Crippen molar-refractivity contribution in [2.24, 2.45) is 0 Å². The third kappa shape index (κ3) is 3.39. The Morgan fingerprint density at radius 2 is 1.45 bits per heavy atom. The van der Waals surface area contributed by atoms with E-state index in [4.69, 9.17) is 4.18 Å². The lowest BCUT2D eigenvalue weighted by atomic mass is 10.0. The Hall–Kier alpha value is -1.81. The molecule has 0 aliphatic carbocycles. The van der Waals surface area contributed by atoms with E-state index < -0.39 is 10.1 Å². The molecule has 0 amide bonds. The predicted molar refractivity (Wildman–Crippen MR) is 79.5 cm³/mol. The van der Waals surface area contributed by atoms with Gasteiger partial charge in [-0.3, -0.25) is 0 Å². The van der Waals surface area contributed by atoms with Gasteiger partial charge >= 0.3 is 10.1 Å². The summed E-state index contributed by atoms with van der Waals surface area (Å²) in [6.45, 7) is 6.07. The zero-order chi connectivity index (χ0) is 14.8. The van der Waals surface area contributed by atoms with E-state index in [9.17, 15) is 8.42 Å². The molecule has 0 radical (unpaired) electrons. The monoisotopic (exact) mass is 290 g/mol. The summed E-state index contributed by atoms with van der Waals surface area (Å²) >= 11 is 0. The van der Waals surface area contributed by atoms with Gasteiger partial charge in [-0.2, -0.15) is 8.42 Å². The van der Waals surface area contributed by atoms with Gasteiger partial charge in [-0.1, -0.05) is 43.7 Å². The van der Waals surface area contributed by atoms with E-state index in [1.165, 1.54) is 0 Å². The van der Waals surface area contributed by atoms with Crippen molar-refractivity contribution >= 4 is 10.1 Å². The molecule has 0 bridgehead atoms. The molecule has 2 aromatic rings. The summed E-state index contributed by atoms with van der Waals surface area (Å²) in [5, 5.41) is 0. The van der Waals surface area contributed by atoms with E-state index in [-0.39, 0.29) is 4.90 Å². The molecular formula is C16H18O3S. The standard InChI is InChI=1S/C16H18O3S/c1-12(2)14-6-8-15(9-7-14)19-20(17,18)16-10-4-13(3)5-11-16/h4-12H,1-3H3. The third-order valence-corrected chi connectivity index (χ3v) is 4.32. The number of rotatable bonds is 4.